The van der Waals surface area contributed by atoms with E-state index in [1.807, 2.05) is 11.4 Å². The summed E-state index contributed by atoms with van der Waals surface area (Å²) in [6, 6.07) is 0.830. The van der Waals surface area contributed by atoms with Gasteiger partial charge in [-0.05, 0) is 48.1 Å². The number of carbonyl (C=O) groups excluding carboxylic acids is 1. The Hall–Kier alpha value is -1.08. The smallest absolute Gasteiger partial charge is 0.408 e. The molecular formula is C12H16BrNO4S. The summed E-state index contributed by atoms with van der Waals surface area (Å²) in [5.74, 6) is -1.09. The van der Waals surface area contributed by atoms with E-state index in [1.165, 1.54) is 11.3 Å². The van der Waals surface area contributed by atoms with E-state index in [0.717, 1.165) is 9.35 Å². The minimum absolute atomic E-state index is 0.215. The first-order chi connectivity index (χ1) is 8.69. The van der Waals surface area contributed by atoms with Crippen molar-refractivity contribution in [1.82, 2.24) is 5.32 Å². The maximum atomic E-state index is 11.6. The summed E-state index contributed by atoms with van der Waals surface area (Å²) in [5, 5.41) is 13.3. The van der Waals surface area contributed by atoms with E-state index >= 15 is 0 Å². The first-order valence-electron chi connectivity index (χ1n) is 5.63. The van der Waals surface area contributed by atoms with Crippen LogP contribution >= 0.6 is 27.3 Å². The largest absolute Gasteiger partial charge is 0.480 e. The highest BCUT2D eigenvalue weighted by atomic mass is 79.9. The molecule has 0 fully saturated rings. The number of carboxylic acids is 1. The molecule has 19 heavy (non-hydrogen) atoms. The number of ether oxygens (including phenoxy) is 1. The van der Waals surface area contributed by atoms with Gasteiger partial charge < -0.3 is 15.2 Å². The zero-order valence-corrected chi connectivity index (χ0v) is 13.3. The fourth-order valence-corrected chi connectivity index (χ4v) is 2.87. The average Bonchev–Trinajstić information content (AvgIpc) is 2.60. The maximum Gasteiger partial charge on any atom is 0.408 e. The van der Waals surface area contributed by atoms with Gasteiger partial charge in [0.1, 0.15) is 11.6 Å². The van der Waals surface area contributed by atoms with Crippen molar-refractivity contribution in [2.75, 3.05) is 0 Å². The number of rotatable bonds is 4. The van der Waals surface area contributed by atoms with Gasteiger partial charge in [-0.2, -0.15) is 0 Å². The van der Waals surface area contributed by atoms with E-state index in [4.69, 9.17) is 9.84 Å². The molecule has 0 aliphatic carbocycles. The summed E-state index contributed by atoms with van der Waals surface area (Å²) < 4.78 is 5.89. The van der Waals surface area contributed by atoms with E-state index in [-0.39, 0.29) is 6.42 Å². The van der Waals surface area contributed by atoms with Gasteiger partial charge in [-0.15, -0.1) is 11.3 Å². The number of amides is 1. The molecule has 2 N–H and O–H groups in total. The second-order valence-electron chi connectivity index (χ2n) is 4.93. The molecule has 0 spiro atoms. The number of carbonyl (C=O) groups is 2. The summed E-state index contributed by atoms with van der Waals surface area (Å²) in [6.07, 6.45) is -0.514. The van der Waals surface area contributed by atoms with Crippen LogP contribution in [-0.2, 0) is 16.0 Å². The third kappa shape index (κ3) is 5.61. The number of aliphatic carboxylic acids is 1. The minimum atomic E-state index is -1.09. The molecule has 0 aromatic carbocycles. The number of alkyl carbamates (subject to hydrolysis) is 1. The van der Waals surface area contributed by atoms with Crippen molar-refractivity contribution in [1.29, 1.82) is 0 Å². The average molecular weight is 350 g/mol. The Morgan fingerprint density at radius 1 is 1.53 bits per heavy atom. The summed E-state index contributed by atoms with van der Waals surface area (Å²) in [6.45, 7) is 5.16. The van der Waals surface area contributed by atoms with Crippen molar-refractivity contribution >= 4 is 39.3 Å². The molecule has 0 saturated carbocycles. The molecule has 7 heteroatoms. The molecule has 1 atom stereocenters. The summed E-state index contributed by atoms with van der Waals surface area (Å²) in [5.41, 5.74) is -0.656. The van der Waals surface area contributed by atoms with Gasteiger partial charge in [-0.3, -0.25) is 0 Å². The number of halogens is 1. The normalized spacial score (nSPS) is 12.8. The molecule has 106 valence electrons. The van der Waals surface area contributed by atoms with Gasteiger partial charge in [0, 0.05) is 15.8 Å². The lowest BCUT2D eigenvalue weighted by Crippen LogP contribution is -2.44. The Morgan fingerprint density at radius 2 is 2.16 bits per heavy atom. The fourth-order valence-electron chi connectivity index (χ4n) is 1.31. The zero-order chi connectivity index (χ0) is 14.6. The highest BCUT2D eigenvalue weighted by Crippen LogP contribution is 2.24. The lowest BCUT2D eigenvalue weighted by atomic mass is 10.2. The fraction of sp³-hybridized carbons (Fsp3) is 0.500. The van der Waals surface area contributed by atoms with Crippen LogP contribution in [0.15, 0.2) is 15.9 Å². The van der Waals surface area contributed by atoms with Crippen LogP contribution in [0.25, 0.3) is 0 Å². The molecule has 0 unspecified atom stereocenters. The standard InChI is InChI=1S/C12H16BrNO4S/c1-12(2,3)18-11(17)14-8(10(15)16)6-9-7(13)4-5-19-9/h4-5,8H,6H2,1-3H3,(H,14,17)(H,15,16)/t8-/m0/s1. The SMILES string of the molecule is CC(C)(C)OC(=O)N[C@@H](Cc1sccc1Br)C(=O)O. The van der Waals surface area contributed by atoms with Gasteiger partial charge in [0.25, 0.3) is 0 Å². The predicted octanol–water partition coefficient (Wildman–Crippen LogP) is 3.03. The van der Waals surface area contributed by atoms with Crippen molar-refractivity contribution in [2.24, 2.45) is 0 Å². The van der Waals surface area contributed by atoms with Gasteiger partial charge in [0.2, 0.25) is 0 Å². The molecule has 5 nitrogen and oxygen atoms in total. The highest BCUT2D eigenvalue weighted by Gasteiger charge is 2.25. The molecule has 0 bridgehead atoms. The van der Waals surface area contributed by atoms with Crippen molar-refractivity contribution in [3.63, 3.8) is 0 Å². The molecule has 1 amide bonds. The van der Waals surface area contributed by atoms with Crippen molar-refractivity contribution < 1.29 is 19.4 Å². The van der Waals surface area contributed by atoms with E-state index in [0.29, 0.717) is 0 Å². The van der Waals surface area contributed by atoms with Crippen LogP contribution in [0.3, 0.4) is 0 Å². The molecule has 1 aromatic heterocycles. The second-order valence-corrected chi connectivity index (χ2v) is 6.79. The summed E-state index contributed by atoms with van der Waals surface area (Å²) in [4.78, 5) is 23.6. The number of nitrogens with one attached hydrogen (secondary N) is 1. The van der Waals surface area contributed by atoms with Crippen LogP contribution in [0.4, 0.5) is 4.79 Å². The van der Waals surface area contributed by atoms with Gasteiger partial charge in [0.05, 0.1) is 0 Å². The molecule has 1 heterocycles. The second kappa shape index (κ2) is 6.38. The van der Waals surface area contributed by atoms with Crippen LogP contribution in [-0.4, -0.2) is 28.8 Å². The topological polar surface area (TPSA) is 75.6 Å². The third-order valence-electron chi connectivity index (χ3n) is 2.07. The Morgan fingerprint density at radius 3 is 2.58 bits per heavy atom. The Balaban J connectivity index is 2.67. The highest BCUT2D eigenvalue weighted by molar-refractivity contribution is 9.10. The monoisotopic (exact) mass is 349 g/mol. The van der Waals surface area contributed by atoms with Gasteiger partial charge in [0.15, 0.2) is 0 Å². The number of carboxylic acid groups (broad SMARTS) is 1. The number of hydrogen-bond donors (Lipinski definition) is 2. The first kappa shape index (κ1) is 16.0. The van der Waals surface area contributed by atoms with Gasteiger partial charge >= 0.3 is 12.1 Å². The van der Waals surface area contributed by atoms with Crippen LogP contribution < -0.4 is 5.32 Å². The summed E-state index contributed by atoms with van der Waals surface area (Å²) in [7, 11) is 0. The van der Waals surface area contributed by atoms with E-state index in [2.05, 4.69) is 21.2 Å². The van der Waals surface area contributed by atoms with Crippen LogP contribution in [0.2, 0.25) is 0 Å². The molecule has 0 saturated heterocycles. The Labute approximate surface area is 124 Å². The lowest BCUT2D eigenvalue weighted by Gasteiger charge is -2.21. The van der Waals surface area contributed by atoms with Crippen molar-refractivity contribution in [3.05, 3.63) is 20.8 Å². The zero-order valence-electron chi connectivity index (χ0n) is 10.9. The van der Waals surface area contributed by atoms with E-state index in [1.54, 1.807) is 20.8 Å². The van der Waals surface area contributed by atoms with Crippen molar-refractivity contribution in [2.45, 2.75) is 38.8 Å². The van der Waals surface area contributed by atoms with E-state index < -0.39 is 23.7 Å². The van der Waals surface area contributed by atoms with Gasteiger partial charge in [-0.1, -0.05) is 0 Å². The molecule has 0 aliphatic heterocycles. The minimum Gasteiger partial charge on any atom is -0.480 e. The predicted molar refractivity (Wildman–Crippen MR) is 76.5 cm³/mol. The molecule has 0 aliphatic rings. The summed E-state index contributed by atoms with van der Waals surface area (Å²) >= 11 is 4.77. The Kier molecular flexibility index (Phi) is 5.37. The van der Waals surface area contributed by atoms with Crippen molar-refractivity contribution in [3.8, 4) is 0 Å². The number of thiophene rings is 1. The van der Waals surface area contributed by atoms with Crippen LogP contribution in [0.5, 0.6) is 0 Å². The van der Waals surface area contributed by atoms with E-state index in [9.17, 15) is 9.59 Å². The lowest BCUT2D eigenvalue weighted by molar-refractivity contribution is -0.139. The molecule has 0 radical (unpaired) electrons. The molecule has 1 rings (SSSR count). The maximum absolute atomic E-state index is 11.6. The third-order valence-corrected chi connectivity index (χ3v) is 4.02. The molecule has 1 aromatic rings. The number of hydrogen-bond acceptors (Lipinski definition) is 4. The van der Waals surface area contributed by atoms with Gasteiger partial charge in [-0.25, -0.2) is 9.59 Å². The van der Waals surface area contributed by atoms with Crippen LogP contribution in [0, 0.1) is 0 Å². The first-order valence-corrected chi connectivity index (χ1v) is 7.30. The molecular weight excluding hydrogens is 334 g/mol. The quantitative estimate of drug-likeness (QED) is 0.875. The Bertz CT molecular complexity index is 467. The van der Waals surface area contributed by atoms with Crippen LogP contribution in [0.1, 0.15) is 25.6 Å².